The smallest absolute Gasteiger partial charge is 0.241 e. The largest absolute Gasteiger partial charge is 0.368 e. The third-order valence-electron chi connectivity index (χ3n) is 3.44. The minimum absolute atomic E-state index is 0.143. The Morgan fingerprint density at radius 2 is 1.80 bits per heavy atom. The van der Waals surface area contributed by atoms with E-state index in [1.165, 1.54) is 12.1 Å². The summed E-state index contributed by atoms with van der Waals surface area (Å²) < 4.78 is 26.9. The van der Waals surface area contributed by atoms with Crippen LogP contribution in [0.2, 0.25) is 0 Å². The Bertz CT molecular complexity index is 552. The molecule has 20 heavy (non-hydrogen) atoms. The standard InChI is InChI=1S/C14H22N2O3S/c1-4-10(3)13(14(15)17)16-20(18,19)12-8-6-11(5-2)7-9-12/h6-10,13,16H,4-5H2,1-3H3,(H2,15,17). The molecule has 0 saturated carbocycles. The fraction of sp³-hybridized carbons (Fsp3) is 0.500. The minimum Gasteiger partial charge on any atom is -0.368 e. The van der Waals surface area contributed by atoms with Gasteiger partial charge in [-0.15, -0.1) is 0 Å². The molecule has 0 fully saturated rings. The van der Waals surface area contributed by atoms with Crippen LogP contribution in [0.15, 0.2) is 29.2 Å². The maximum atomic E-state index is 12.2. The van der Waals surface area contributed by atoms with E-state index < -0.39 is 22.0 Å². The average molecular weight is 298 g/mol. The molecule has 2 atom stereocenters. The molecule has 1 rings (SSSR count). The van der Waals surface area contributed by atoms with Crippen molar-refractivity contribution in [1.29, 1.82) is 0 Å². The highest BCUT2D eigenvalue weighted by Gasteiger charge is 2.27. The van der Waals surface area contributed by atoms with Gasteiger partial charge in [0.1, 0.15) is 6.04 Å². The Labute approximate surface area is 120 Å². The summed E-state index contributed by atoms with van der Waals surface area (Å²) in [5.41, 5.74) is 6.33. The van der Waals surface area contributed by atoms with Crippen molar-refractivity contribution < 1.29 is 13.2 Å². The van der Waals surface area contributed by atoms with Crippen molar-refractivity contribution in [3.63, 3.8) is 0 Å². The topological polar surface area (TPSA) is 89.3 Å². The number of nitrogens with one attached hydrogen (secondary N) is 1. The number of rotatable bonds is 7. The third-order valence-corrected chi connectivity index (χ3v) is 4.90. The predicted molar refractivity (Wildman–Crippen MR) is 78.6 cm³/mol. The summed E-state index contributed by atoms with van der Waals surface area (Å²) in [5.74, 6) is -0.815. The summed E-state index contributed by atoms with van der Waals surface area (Å²) in [6, 6.07) is 5.70. The van der Waals surface area contributed by atoms with Crippen molar-refractivity contribution >= 4 is 15.9 Å². The molecule has 6 heteroatoms. The van der Waals surface area contributed by atoms with E-state index in [0.29, 0.717) is 6.42 Å². The van der Waals surface area contributed by atoms with Gasteiger partial charge in [0.05, 0.1) is 4.90 Å². The lowest BCUT2D eigenvalue weighted by atomic mass is 10.00. The maximum absolute atomic E-state index is 12.2. The number of nitrogens with two attached hydrogens (primary N) is 1. The zero-order valence-electron chi connectivity index (χ0n) is 12.1. The van der Waals surface area contributed by atoms with Crippen LogP contribution < -0.4 is 10.5 Å². The molecule has 0 bridgehead atoms. The molecule has 5 nitrogen and oxygen atoms in total. The lowest BCUT2D eigenvalue weighted by Gasteiger charge is -2.21. The van der Waals surface area contributed by atoms with Gasteiger partial charge in [0.15, 0.2) is 0 Å². The van der Waals surface area contributed by atoms with Crippen LogP contribution in [0.1, 0.15) is 32.8 Å². The number of benzene rings is 1. The predicted octanol–water partition coefficient (Wildman–Crippen LogP) is 1.43. The Morgan fingerprint density at radius 3 is 2.20 bits per heavy atom. The summed E-state index contributed by atoms with van der Waals surface area (Å²) in [7, 11) is -3.74. The summed E-state index contributed by atoms with van der Waals surface area (Å²) in [5, 5.41) is 0. The molecule has 0 radical (unpaired) electrons. The van der Waals surface area contributed by atoms with Gasteiger partial charge in [0.25, 0.3) is 0 Å². The molecule has 0 saturated heterocycles. The van der Waals surface area contributed by atoms with Crippen molar-refractivity contribution in [2.45, 2.75) is 44.6 Å². The molecule has 2 unspecified atom stereocenters. The Kier molecular flexibility index (Phi) is 5.71. The van der Waals surface area contributed by atoms with E-state index in [4.69, 9.17) is 5.73 Å². The molecule has 0 aliphatic heterocycles. The van der Waals surface area contributed by atoms with E-state index in [-0.39, 0.29) is 10.8 Å². The van der Waals surface area contributed by atoms with Gasteiger partial charge in [-0.2, -0.15) is 4.72 Å². The molecular weight excluding hydrogens is 276 g/mol. The normalized spacial score (nSPS) is 14.8. The number of hydrogen-bond donors (Lipinski definition) is 2. The summed E-state index contributed by atoms with van der Waals surface area (Å²) in [6.07, 6.45) is 1.50. The summed E-state index contributed by atoms with van der Waals surface area (Å²) >= 11 is 0. The second-order valence-electron chi connectivity index (χ2n) is 4.88. The average Bonchev–Trinajstić information content (AvgIpc) is 2.43. The molecule has 1 amide bonds. The summed E-state index contributed by atoms with van der Waals surface area (Å²) in [6.45, 7) is 5.66. The number of primary amides is 1. The quantitative estimate of drug-likeness (QED) is 0.798. The first kappa shape index (κ1) is 16.7. The van der Waals surface area contributed by atoms with Crippen LogP contribution in [0.3, 0.4) is 0 Å². The Balaban J connectivity index is 3.00. The van der Waals surface area contributed by atoms with Gasteiger partial charge in [0.2, 0.25) is 15.9 Å². The molecular formula is C14H22N2O3S. The van der Waals surface area contributed by atoms with Crippen molar-refractivity contribution in [3.8, 4) is 0 Å². The van der Waals surface area contributed by atoms with Crippen LogP contribution in [0.4, 0.5) is 0 Å². The first-order valence-corrected chi connectivity index (χ1v) is 8.20. The number of aryl methyl sites for hydroxylation is 1. The molecule has 0 aromatic heterocycles. The zero-order chi connectivity index (χ0) is 15.3. The van der Waals surface area contributed by atoms with Gasteiger partial charge >= 0.3 is 0 Å². The maximum Gasteiger partial charge on any atom is 0.241 e. The number of amides is 1. The third kappa shape index (κ3) is 4.05. The molecule has 0 spiro atoms. The van der Waals surface area contributed by atoms with Crippen molar-refractivity contribution in [3.05, 3.63) is 29.8 Å². The molecule has 1 aromatic carbocycles. The van der Waals surface area contributed by atoms with Crippen LogP contribution in [-0.2, 0) is 21.2 Å². The van der Waals surface area contributed by atoms with Crippen LogP contribution in [0, 0.1) is 5.92 Å². The van der Waals surface area contributed by atoms with Gasteiger partial charge in [-0.3, -0.25) is 4.79 Å². The van der Waals surface area contributed by atoms with Gasteiger partial charge in [-0.25, -0.2) is 8.42 Å². The molecule has 0 aliphatic rings. The van der Waals surface area contributed by atoms with Crippen LogP contribution >= 0.6 is 0 Å². The Morgan fingerprint density at radius 1 is 1.25 bits per heavy atom. The fourth-order valence-electron chi connectivity index (χ4n) is 1.83. The molecule has 3 N–H and O–H groups in total. The van der Waals surface area contributed by atoms with Gasteiger partial charge in [0, 0.05) is 0 Å². The monoisotopic (exact) mass is 298 g/mol. The number of carbonyl (C=O) groups excluding carboxylic acids is 1. The molecule has 1 aromatic rings. The molecule has 0 aliphatic carbocycles. The second kappa shape index (κ2) is 6.85. The van der Waals surface area contributed by atoms with Gasteiger partial charge in [-0.1, -0.05) is 39.3 Å². The van der Waals surface area contributed by atoms with Crippen LogP contribution in [0.5, 0.6) is 0 Å². The summed E-state index contributed by atoms with van der Waals surface area (Å²) in [4.78, 5) is 11.5. The van der Waals surface area contributed by atoms with E-state index in [2.05, 4.69) is 4.72 Å². The van der Waals surface area contributed by atoms with Crippen LogP contribution in [0.25, 0.3) is 0 Å². The number of hydrogen-bond acceptors (Lipinski definition) is 3. The number of sulfonamides is 1. The van der Waals surface area contributed by atoms with Crippen molar-refractivity contribution in [2.24, 2.45) is 11.7 Å². The fourth-order valence-corrected chi connectivity index (χ4v) is 3.14. The van der Waals surface area contributed by atoms with Crippen LogP contribution in [-0.4, -0.2) is 20.4 Å². The zero-order valence-corrected chi connectivity index (χ0v) is 12.9. The van der Waals surface area contributed by atoms with Crippen molar-refractivity contribution in [1.82, 2.24) is 4.72 Å². The molecule has 112 valence electrons. The van der Waals surface area contributed by atoms with E-state index >= 15 is 0 Å². The molecule has 0 heterocycles. The lowest BCUT2D eigenvalue weighted by Crippen LogP contribution is -2.48. The van der Waals surface area contributed by atoms with Gasteiger partial charge < -0.3 is 5.73 Å². The van der Waals surface area contributed by atoms with E-state index in [0.717, 1.165) is 12.0 Å². The van der Waals surface area contributed by atoms with Gasteiger partial charge in [-0.05, 0) is 30.0 Å². The highest BCUT2D eigenvalue weighted by atomic mass is 32.2. The highest BCUT2D eigenvalue weighted by molar-refractivity contribution is 7.89. The SMILES string of the molecule is CCc1ccc(S(=O)(=O)NC(C(N)=O)C(C)CC)cc1. The van der Waals surface area contributed by atoms with Crippen molar-refractivity contribution in [2.75, 3.05) is 0 Å². The first-order chi connectivity index (χ1) is 9.31. The number of carbonyl (C=O) groups is 1. The lowest BCUT2D eigenvalue weighted by molar-refractivity contribution is -0.120. The second-order valence-corrected chi connectivity index (χ2v) is 6.60. The van der Waals surface area contributed by atoms with E-state index in [1.54, 1.807) is 19.1 Å². The first-order valence-electron chi connectivity index (χ1n) is 6.72. The van der Waals surface area contributed by atoms with E-state index in [1.807, 2.05) is 13.8 Å². The highest BCUT2D eigenvalue weighted by Crippen LogP contribution is 2.14. The minimum atomic E-state index is -3.74. The Hall–Kier alpha value is -1.40. The van der Waals surface area contributed by atoms with E-state index in [9.17, 15) is 13.2 Å².